The van der Waals surface area contributed by atoms with Gasteiger partial charge in [0.2, 0.25) is 0 Å². The molecule has 3 nitrogen and oxygen atoms in total. The molecule has 0 radical (unpaired) electrons. The average Bonchev–Trinajstić information content (AvgIpc) is 2.98. The number of likely N-dealkylation sites (N-methyl/N-ethyl adjacent to an activating group) is 1. The molecule has 1 atom stereocenters. The molecule has 3 heteroatoms. The van der Waals surface area contributed by atoms with Gasteiger partial charge in [-0.15, -0.1) is 0 Å². The molecular formula is C20H33N2O+. The number of hydrogen-bond acceptors (Lipinski definition) is 1. The van der Waals surface area contributed by atoms with Crippen molar-refractivity contribution in [1.29, 1.82) is 0 Å². The fourth-order valence-electron chi connectivity index (χ4n) is 4.32. The molecule has 2 rings (SSSR count). The van der Waals surface area contributed by atoms with Gasteiger partial charge in [0.1, 0.15) is 0 Å². The number of carbonyl (C=O) groups is 1. The molecule has 0 spiro atoms. The number of aryl methyl sites for hydroxylation is 3. The topological polar surface area (TPSA) is 29.1 Å². The van der Waals surface area contributed by atoms with E-state index < -0.39 is 0 Å². The van der Waals surface area contributed by atoms with Crippen LogP contribution in [0.2, 0.25) is 0 Å². The fourth-order valence-corrected chi connectivity index (χ4v) is 4.32. The van der Waals surface area contributed by atoms with Crippen molar-refractivity contribution in [3.8, 4) is 0 Å². The van der Waals surface area contributed by atoms with Crippen LogP contribution in [0.25, 0.3) is 0 Å². The molecule has 1 aromatic carbocycles. The van der Waals surface area contributed by atoms with Gasteiger partial charge in [-0.3, -0.25) is 4.79 Å². The Kier molecular flexibility index (Phi) is 5.85. The Bertz CT molecular complexity index is 536. The van der Waals surface area contributed by atoms with E-state index in [2.05, 4.69) is 52.1 Å². The van der Waals surface area contributed by atoms with E-state index in [9.17, 15) is 4.79 Å². The van der Waals surface area contributed by atoms with Crippen molar-refractivity contribution >= 4 is 11.6 Å². The summed E-state index contributed by atoms with van der Waals surface area (Å²) in [7, 11) is 0. The standard InChI is InChI=1S/C20H32N2O/c1-6-10-18(22(7-2)11-8-9-12-22)20(23)21-19-16(4)13-15(3)14-17(19)5/h13-14,18H,6-12H2,1-5H3/p+1. The first-order chi connectivity index (χ1) is 10.9. The third kappa shape index (κ3) is 3.77. The number of amides is 1. The van der Waals surface area contributed by atoms with Gasteiger partial charge in [-0.05, 0) is 45.2 Å². The smallest absolute Gasteiger partial charge is 0.282 e. The first kappa shape index (κ1) is 18.0. The molecule has 1 saturated heterocycles. The van der Waals surface area contributed by atoms with Gasteiger partial charge in [0, 0.05) is 24.9 Å². The highest BCUT2D eigenvalue weighted by Crippen LogP contribution is 2.28. The molecule has 23 heavy (non-hydrogen) atoms. The molecule has 0 aromatic heterocycles. The van der Waals surface area contributed by atoms with Gasteiger partial charge in [-0.1, -0.05) is 24.6 Å². The number of anilines is 1. The van der Waals surface area contributed by atoms with Crippen LogP contribution < -0.4 is 5.32 Å². The van der Waals surface area contributed by atoms with Crippen LogP contribution in [0, 0.1) is 20.8 Å². The number of benzene rings is 1. The molecule has 1 heterocycles. The van der Waals surface area contributed by atoms with Gasteiger partial charge in [0.15, 0.2) is 6.04 Å². The van der Waals surface area contributed by atoms with E-state index in [-0.39, 0.29) is 11.9 Å². The monoisotopic (exact) mass is 317 g/mol. The zero-order chi connectivity index (χ0) is 17.0. The highest BCUT2D eigenvalue weighted by molar-refractivity contribution is 5.95. The van der Waals surface area contributed by atoms with Gasteiger partial charge in [0.25, 0.3) is 5.91 Å². The third-order valence-corrected chi connectivity index (χ3v) is 5.54. The first-order valence-electron chi connectivity index (χ1n) is 9.18. The SMILES string of the molecule is CCCC(C(=O)Nc1c(C)cc(C)cc1C)[N+]1(CC)CCCC1. The van der Waals surface area contributed by atoms with Crippen LogP contribution in [0.3, 0.4) is 0 Å². The molecular weight excluding hydrogens is 284 g/mol. The molecule has 1 amide bonds. The van der Waals surface area contributed by atoms with E-state index in [0.29, 0.717) is 0 Å². The minimum Gasteiger partial charge on any atom is -0.320 e. The Morgan fingerprint density at radius 1 is 1.13 bits per heavy atom. The molecule has 0 saturated carbocycles. The maximum absolute atomic E-state index is 13.1. The Balaban J connectivity index is 2.25. The van der Waals surface area contributed by atoms with Crippen LogP contribution in [0.4, 0.5) is 5.69 Å². The number of likely N-dealkylation sites (tertiary alicyclic amines) is 1. The fraction of sp³-hybridized carbons (Fsp3) is 0.650. The zero-order valence-electron chi connectivity index (χ0n) is 15.5. The second-order valence-corrected chi connectivity index (χ2v) is 7.26. The lowest BCUT2D eigenvalue weighted by molar-refractivity contribution is -0.930. The minimum atomic E-state index is 0.0904. The maximum Gasteiger partial charge on any atom is 0.282 e. The van der Waals surface area contributed by atoms with Crippen molar-refractivity contribution in [2.45, 2.75) is 66.3 Å². The van der Waals surface area contributed by atoms with E-state index in [4.69, 9.17) is 0 Å². The van der Waals surface area contributed by atoms with Gasteiger partial charge in [0.05, 0.1) is 19.6 Å². The summed E-state index contributed by atoms with van der Waals surface area (Å²) in [5.74, 6) is 0.214. The van der Waals surface area contributed by atoms with Crippen molar-refractivity contribution in [1.82, 2.24) is 0 Å². The third-order valence-electron chi connectivity index (χ3n) is 5.54. The molecule has 1 aliphatic rings. The van der Waals surface area contributed by atoms with E-state index in [1.807, 2.05) is 0 Å². The number of nitrogens with zero attached hydrogens (tertiary/aromatic N) is 1. The van der Waals surface area contributed by atoms with Crippen molar-refractivity contribution < 1.29 is 9.28 Å². The molecule has 0 aliphatic carbocycles. The van der Waals surface area contributed by atoms with Gasteiger partial charge < -0.3 is 9.80 Å². The van der Waals surface area contributed by atoms with Crippen molar-refractivity contribution in [2.75, 3.05) is 25.0 Å². The molecule has 1 aromatic rings. The van der Waals surface area contributed by atoms with Gasteiger partial charge in [-0.2, -0.15) is 0 Å². The molecule has 128 valence electrons. The lowest BCUT2D eigenvalue weighted by atomic mass is 10.0. The summed E-state index contributed by atoms with van der Waals surface area (Å²) in [5.41, 5.74) is 4.58. The Morgan fingerprint density at radius 3 is 2.17 bits per heavy atom. The van der Waals surface area contributed by atoms with Crippen LogP contribution >= 0.6 is 0 Å². The zero-order valence-corrected chi connectivity index (χ0v) is 15.5. The largest absolute Gasteiger partial charge is 0.320 e. The van der Waals surface area contributed by atoms with Crippen LogP contribution in [-0.4, -0.2) is 36.1 Å². The van der Waals surface area contributed by atoms with Crippen molar-refractivity contribution in [3.63, 3.8) is 0 Å². The summed E-state index contributed by atoms with van der Waals surface area (Å²) in [6.45, 7) is 14.1. The number of nitrogens with one attached hydrogen (secondary N) is 1. The summed E-state index contributed by atoms with van der Waals surface area (Å²) in [5, 5.41) is 3.27. The summed E-state index contributed by atoms with van der Waals surface area (Å²) in [4.78, 5) is 13.1. The van der Waals surface area contributed by atoms with E-state index in [0.717, 1.165) is 53.8 Å². The lowest BCUT2D eigenvalue weighted by Gasteiger charge is -2.40. The normalized spacial score (nSPS) is 18.0. The van der Waals surface area contributed by atoms with E-state index in [1.54, 1.807) is 0 Å². The first-order valence-corrected chi connectivity index (χ1v) is 9.18. The van der Waals surface area contributed by atoms with Crippen LogP contribution in [-0.2, 0) is 4.79 Å². The highest BCUT2D eigenvalue weighted by atomic mass is 16.2. The highest BCUT2D eigenvalue weighted by Gasteiger charge is 2.42. The second-order valence-electron chi connectivity index (χ2n) is 7.26. The lowest BCUT2D eigenvalue weighted by Crippen LogP contribution is -2.58. The predicted molar refractivity (Wildman–Crippen MR) is 97.7 cm³/mol. The average molecular weight is 317 g/mol. The summed E-state index contributed by atoms with van der Waals surface area (Å²) in [6, 6.07) is 4.39. The quantitative estimate of drug-likeness (QED) is 0.777. The Labute approximate surface area is 141 Å². The van der Waals surface area contributed by atoms with Crippen LogP contribution in [0.1, 0.15) is 56.2 Å². The minimum absolute atomic E-state index is 0.0904. The molecule has 1 fully saturated rings. The van der Waals surface area contributed by atoms with Crippen molar-refractivity contribution in [3.05, 3.63) is 28.8 Å². The predicted octanol–water partition coefficient (Wildman–Crippen LogP) is 4.35. The van der Waals surface area contributed by atoms with E-state index >= 15 is 0 Å². The molecule has 0 bridgehead atoms. The Morgan fingerprint density at radius 2 is 1.70 bits per heavy atom. The van der Waals surface area contributed by atoms with Crippen LogP contribution in [0.5, 0.6) is 0 Å². The number of rotatable bonds is 6. The number of hydrogen-bond donors (Lipinski definition) is 1. The van der Waals surface area contributed by atoms with Crippen molar-refractivity contribution in [2.24, 2.45) is 0 Å². The molecule has 1 N–H and O–H groups in total. The van der Waals surface area contributed by atoms with E-state index in [1.165, 1.54) is 18.4 Å². The summed E-state index contributed by atoms with van der Waals surface area (Å²) >= 11 is 0. The van der Waals surface area contributed by atoms with Gasteiger partial charge >= 0.3 is 0 Å². The number of quaternary nitrogens is 1. The van der Waals surface area contributed by atoms with Crippen LogP contribution in [0.15, 0.2) is 12.1 Å². The molecule has 1 unspecified atom stereocenters. The summed E-state index contributed by atoms with van der Waals surface area (Å²) in [6.07, 6.45) is 4.54. The maximum atomic E-state index is 13.1. The van der Waals surface area contributed by atoms with Gasteiger partial charge in [-0.25, -0.2) is 0 Å². The number of carbonyl (C=O) groups excluding carboxylic acids is 1. The second kappa shape index (κ2) is 7.48. The Hall–Kier alpha value is -1.35. The molecule has 1 aliphatic heterocycles. The summed E-state index contributed by atoms with van der Waals surface area (Å²) < 4.78 is 0.976.